The Morgan fingerprint density at radius 3 is 2.46 bits per heavy atom. The minimum absolute atomic E-state index is 0.0329. The molecule has 4 rings (SSSR count). The van der Waals surface area contributed by atoms with E-state index in [0.717, 1.165) is 25.4 Å². The number of benzene rings is 2. The predicted octanol–water partition coefficient (Wildman–Crippen LogP) is 4.84. The molecular formula is C23H29NO2. The van der Waals surface area contributed by atoms with Crippen molar-refractivity contribution in [3.05, 3.63) is 65.7 Å². The van der Waals surface area contributed by atoms with E-state index in [1.54, 1.807) is 0 Å². The van der Waals surface area contributed by atoms with Gasteiger partial charge in [0, 0.05) is 13.1 Å². The van der Waals surface area contributed by atoms with Gasteiger partial charge in [0.25, 0.3) is 0 Å². The molecule has 2 aliphatic rings. The summed E-state index contributed by atoms with van der Waals surface area (Å²) in [5.74, 6) is 1.66. The lowest BCUT2D eigenvalue weighted by Gasteiger charge is -2.33. The Kier molecular flexibility index (Phi) is 5.88. The number of ether oxygens (including phenoxy) is 2. The summed E-state index contributed by atoms with van der Waals surface area (Å²) in [4.78, 5) is 0. The van der Waals surface area contributed by atoms with Gasteiger partial charge in [-0.05, 0) is 36.0 Å². The zero-order valence-electron chi connectivity index (χ0n) is 15.4. The first-order valence-electron chi connectivity index (χ1n) is 10.0. The summed E-state index contributed by atoms with van der Waals surface area (Å²) in [5.41, 5.74) is 2.55. The van der Waals surface area contributed by atoms with Gasteiger partial charge in [-0.1, -0.05) is 67.8 Å². The minimum Gasteiger partial charge on any atom is -0.483 e. The molecule has 26 heavy (non-hydrogen) atoms. The highest BCUT2D eigenvalue weighted by Crippen LogP contribution is 2.39. The molecule has 0 aromatic heterocycles. The zero-order chi connectivity index (χ0) is 17.6. The molecule has 3 nitrogen and oxygen atoms in total. The molecule has 2 aromatic rings. The molecule has 0 radical (unpaired) electrons. The van der Waals surface area contributed by atoms with Gasteiger partial charge in [-0.3, -0.25) is 0 Å². The van der Waals surface area contributed by atoms with Gasteiger partial charge in [-0.15, -0.1) is 0 Å². The van der Waals surface area contributed by atoms with E-state index in [4.69, 9.17) is 9.47 Å². The van der Waals surface area contributed by atoms with Crippen molar-refractivity contribution in [2.24, 2.45) is 0 Å². The zero-order valence-corrected chi connectivity index (χ0v) is 15.4. The third kappa shape index (κ3) is 4.11. The molecule has 2 aromatic carbocycles. The van der Waals surface area contributed by atoms with Crippen LogP contribution in [0.1, 0.15) is 55.3 Å². The van der Waals surface area contributed by atoms with Crippen molar-refractivity contribution in [2.75, 3.05) is 19.7 Å². The topological polar surface area (TPSA) is 30.5 Å². The smallest absolute Gasteiger partial charge is 0.151 e. The van der Waals surface area contributed by atoms with Crippen molar-refractivity contribution in [1.29, 1.82) is 0 Å². The van der Waals surface area contributed by atoms with Gasteiger partial charge in [0.2, 0.25) is 0 Å². The molecule has 1 saturated heterocycles. The maximum absolute atomic E-state index is 6.66. The first-order valence-corrected chi connectivity index (χ1v) is 10.0. The van der Waals surface area contributed by atoms with Gasteiger partial charge >= 0.3 is 0 Å². The average Bonchev–Trinajstić information content (AvgIpc) is 2.74. The van der Waals surface area contributed by atoms with Crippen molar-refractivity contribution < 1.29 is 9.47 Å². The summed E-state index contributed by atoms with van der Waals surface area (Å²) >= 11 is 0. The highest BCUT2D eigenvalue weighted by molar-refractivity contribution is 5.37. The van der Waals surface area contributed by atoms with E-state index < -0.39 is 0 Å². The van der Waals surface area contributed by atoms with E-state index in [9.17, 15) is 0 Å². The molecule has 2 unspecified atom stereocenters. The highest BCUT2D eigenvalue weighted by atomic mass is 16.5. The van der Waals surface area contributed by atoms with E-state index in [0.29, 0.717) is 5.92 Å². The van der Waals surface area contributed by atoms with Crippen LogP contribution in [0.4, 0.5) is 0 Å². The van der Waals surface area contributed by atoms with E-state index in [2.05, 4.69) is 59.9 Å². The van der Waals surface area contributed by atoms with E-state index in [-0.39, 0.29) is 12.2 Å². The summed E-state index contributed by atoms with van der Waals surface area (Å²) in [6, 6.07) is 19.1. The van der Waals surface area contributed by atoms with Crippen LogP contribution in [0.5, 0.6) is 5.75 Å². The average molecular weight is 351 g/mol. The second-order valence-electron chi connectivity index (χ2n) is 7.44. The van der Waals surface area contributed by atoms with Crippen LogP contribution < -0.4 is 10.1 Å². The van der Waals surface area contributed by atoms with Crippen LogP contribution in [-0.2, 0) is 4.74 Å². The second-order valence-corrected chi connectivity index (χ2v) is 7.44. The maximum Gasteiger partial charge on any atom is 0.151 e. The van der Waals surface area contributed by atoms with Gasteiger partial charge in [-0.2, -0.15) is 0 Å². The van der Waals surface area contributed by atoms with Crippen molar-refractivity contribution in [1.82, 2.24) is 5.32 Å². The Balaban J connectivity index is 1.61. The van der Waals surface area contributed by atoms with Crippen LogP contribution in [0.2, 0.25) is 0 Å². The van der Waals surface area contributed by atoms with Crippen LogP contribution in [0, 0.1) is 0 Å². The largest absolute Gasteiger partial charge is 0.483 e. The Bertz CT molecular complexity index is 676. The van der Waals surface area contributed by atoms with Crippen molar-refractivity contribution in [3.8, 4) is 5.75 Å². The normalized spacial score (nSPS) is 22.7. The molecule has 1 heterocycles. The van der Waals surface area contributed by atoms with Crippen LogP contribution in [0.25, 0.3) is 0 Å². The van der Waals surface area contributed by atoms with Crippen LogP contribution >= 0.6 is 0 Å². The molecule has 1 aliphatic heterocycles. The molecule has 1 N–H and O–H groups in total. The second kappa shape index (κ2) is 8.70. The summed E-state index contributed by atoms with van der Waals surface area (Å²) in [5, 5.41) is 3.44. The van der Waals surface area contributed by atoms with Crippen LogP contribution in [0.15, 0.2) is 54.6 Å². The monoisotopic (exact) mass is 351 g/mol. The fourth-order valence-corrected chi connectivity index (χ4v) is 4.26. The summed E-state index contributed by atoms with van der Waals surface area (Å²) in [6.45, 7) is 2.48. The van der Waals surface area contributed by atoms with Crippen LogP contribution in [-0.4, -0.2) is 25.8 Å². The molecule has 0 bridgehead atoms. The summed E-state index contributed by atoms with van der Waals surface area (Å²) in [6.07, 6.45) is 6.52. The minimum atomic E-state index is -0.0891. The fraction of sp³-hybridized carbons (Fsp3) is 0.478. The number of hydrogen-bond acceptors (Lipinski definition) is 3. The summed E-state index contributed by atoms with van der Waals surface area (Å²) < 4.78 is 12.7. The number of hydrogen-bond donors (Lipinski definition) is 1. The molecule has 2 fully saturated rings. The Hall–Kier alpha value is -1.84. The summed E-state index contributed by atoms with van der Waals surface area (Å²) in [7, 11) is 0. The standard InChI is InChI=1S/C23H29NO2/c1-3-9-18(10-4-1)20-13-7-8-14-21(20)26-23(19-11-5-2-6-12-19)22-17-24-15-16-25-22/h2,5-8,11-14,18,22-24H,1,3-4,9-10,15-17H2. The number of para-hydroxylation sites is 1. The third-order valence-corrected chi connectivity index (χ3v) is 5.64. The number of nitrogens with one attached hydrogen (secondary N) is 1. The van der Waals surface area contributed by atoms with Gasteiger partial charge in [0.1, 0.15) is 11.9 Å². The first-order chi connectivity index (χ1) is 12.9. The molecule has 138 valence electrons. The molecule has 3 heteroatoms. The van der Waals surface area contributed by atoms with Gasteiger partial charge in [0.05, 0.1) is 6.61 Å². The van der Waals surface area contributed by atoms with Crippen molar-refractivity contribution in [3.63, 3.8) is 0 Å². The van der Waals surface area contributed by atoms with E-state index in [1.807, 2.05) is 0 Å². The lowest BCUT2D eigenvalue weighted by Crippen LogP contribution is -2.43. The molecule has 0 amide bonds. The number of rotatable bonds is 5. The Morgan fingerprint density at radius 1 is 0.923 bits per heavy atom. The van der Waals surface area contributed by atoms with E-state index in [1.165, 1.54) is 43.2 Å². The predicted molar refractivity (Wildman–Crippen MR) is 105 cm³/mol. The molecule has 1 aliphatic carbocycles. The molecular weight excluding hydrogens is 322 g/mol. The SMILES string of the molecule is c1ccc(C(Oc2ccccc2C2CCCCC2)C2CNCCO2)cc1. The fourth-order valence-electron chi connectivity index (χ4n) is 4.26. The third-order valence-electron chi connectivity index (χ3n) is 5.64. The van der Waals surface area contributed by atoms with E-state index >= 15 is 0 Å². The Labute approximate surface area is 156 Å². The van der Waals surface area contributed by atoms with Crippen molar-refractivity contribution >= 4 is 0 Å². The van der Waals surface area contributed by atoms with Gasteiger partial charge < -0.3 is 14.8 Å². The lowest BCUT2D eigenvalue weighted by atomic mass is 9.83. The quantitative estimate of drug-likeness (QED) is 0.836. The Morgan fingerprint density at radius 2 is 1.69 bits per heavy atom. The molecule has 1 saturated carbocycles. The first kappa shape index (κ1) is 17.6. The molecule has 2 atom stereocenters. The van der Waals surface area contributed by atoms with Gasteiger partial charge in [0.15, 0.2) is 6.10 Å². The van der Waals surface area contributed by atoms with Crippen LogP contribution in [0.3, 0.4) is 0 Å². The lowest BCUT2D eigenvalue weighted by molar-refractivity contribution is -0.0436. The highest BCUT2D eigenvalue weighted by Gasteiger charge is 2.29. The molecule has 0 spiro atoms. The van der Waals surface area contributed by atoms with Gasteiger partial charge in [-0.25, -0.2) is 0 Å². The number of morpholine rings is 1. The maximum atomic E-state index is 6.66. The van der Waals surface area contributed by atoms with Crippen molar-refractivity contribution in [2.45, 2.75) is 50.2 Å².